The number of amides is 1. The van der Waals surface area contributed by atoms with Gasteiger partial charge >= 0.3 is 12.4 Å². The first-order valence-corrected chi connectivity index (χ1v) is 10.8. The number of benzene rings is 2. The minimum atomic E-state index is -4.90. The third-order valence-electron chi connectivity index (χ3n) is 5.60. The molecule has 0 radical (unpaired) electrons. The second-order valence-corrected chi connectivity index (χ2v) is 8.49. The van der Waals surface area contributed by atoms with Crippen molar-refractivity contribution in [3.05, 3.63) is 75.4 Å². The van der Waals surface area contributed by atoms with E-state index in [1.807, 2.05) is 19.2 Å². The summed E-state index contributed by atoms with van der Waals surface area (Å²) in [5.74, 6) is 0.495. The average Bonchev–Trinajstić information content (AvgIpc) is 2.79. The Morgan fingerprint density at radius 1 is 1.00 bits per heavy atom. The molecule has 2 atom stereocenters. The molecule has 1 amide bonds. The minimum Gasteiger partial charge on any atom is -0.380 e. The molecular weight excluding hydrogens is 497 g/mol. The lowest BCUT2D eigenvalue weighted by molar-refractivity contribution is -0.143. The van der Waals surface area contributed by atoms with Gasteiger partial charge in [-0.3, -0.25) is 4.79 Å². The highest BCUT2D eigenvalue weighted by Crippen LogP contribution is 2.36. The van der Waals surface area contributed by atoms with Gasteiger partial charge in [0.05, 0.1) is 24.3 Å². The van der Waals surface area contributed by atoms with E-state index in [2.05, 4.69) is 5.18 Å². The van der Waals surface area contributed by atoms with Gasteiger partial charge in [-0.15, -0.1) is 0 Å². The highest BCUT2D eigenvalue weighted by atomic mass is 19.4. The lowest BCUT2D eigenvalue weighted by atomic mass is 9.87. The predicted molar refractivity (Wildman–Crippen MR) is 117 cm³/mol. The zero-order valence-electron chi connectivity index (χ0n) is 19.5. The molecule has 12 heteroatoms. The van der Waals surface area contributed by atoms with Crippen LogP contribution in [0.5, 0.6) is 0 Å². The van der Waals surface area contributed by atoms with Crippen LogP contribution in [0.2, 0.25) is 0 Å². The van der Waals surface area contributed by atoms with Gasteiger partial charge in [0, 0.05) is 32.4 Å². The van der Waals surface area contributed by atoms with Gasteiger partial charge in [-0.1, -0.05) is 17.3 Å². The Hall–Kier alpha value is -3.02. The first-order valence-electron chi connectivity index (χ1n) is 10.8. The molecule has 1 fully saturated rings. The minimum absolute atomic E-state index is 0.00565. The molecule has 2 aromatic carbocycles. The second-order valence-electron chi connectivity index (χ2n) is 8.49. The summed E-state index contributed by atoms with van der Waals surface area (Å²) in [6.07, 6.45) is -8.83. The molecule has 36 heavy (non-hydrogen) atoms. The number of hydrogen-bond acceptors (Lipinski definition) is 4. The van der Waals surface area contributed by atoms with E-state index in [1.54, 1.807) is 11.8 Å². The number of carbonyl (C=O) groups is 1. The molecule has 3 rings (SSSR count). The summed E-state index contributed by atoms with van der Waals surface area (Å²) < 4.78 is 92.3. The van der Waals surface area contributed by atoms with Gasteiger partial charge in [-0.25, -0.2) is 4.39 Å². The maximum Gasteiger partial charge on any atom is 0.416 e. The van der Waals surface area contributed by atoms with Crippen LogP contribution in [0.1, 0.15) is 41.5 Å². The van der Waals surface area contributed by atoms with Crippen LogP contribution in [-0.2, 0) is 28.4 Å². The normalized spacial score (nSPS) is 18.1. The number of hydrogen-bond donors (Lipinski definition) is 0. The number of rotatable bonds is 5. The third-order valence-corrected chi connectivity index (χ3v) is 5.60. The van der Waals surface area contributed by atoms with Gasteiger partial charge in [0.25, 0.3) is 0 Å². The predicted octanol–water partition coefficient (Wildman–Crippen LogP) is 6.41. The lowest BCUT2D eigenvalue weighted by Crippen LogP contribution is -2.35. The summed E-state index contributed by atoms with van der Waals surface area (Å²) in [6.45, 7) is 2.91. The molecule has 0 bridgehead atoms. The summed E-state index contributed by atoms with van der Waals surface area (Å²) in [4.78, 5) is 22.9. The van der Waals surface area contributed by atoms with Crippen LogP contribution in [-0.4, -0.2) is 37.6 Å². The van der Waals surface area contributed by atoms with Crippen LogP contribution >= 0.6 is 0 Å². The molecule has 0 spiro atoms. The molecule has 0 saturated carbocycles. The standard InChI is InChI=1S/C15H20FNO2.C9H5F6NO/c1-11(18)17(2)8-12-7-14(10-19-9-12)13-3-5-15(16)6-4-13;10-8(11,12)6-1-5(4-16-17)2-7(3-6)9(13,14)15/h3-6,12,14H,7-10H2,1-2H3;1-3H,4H2. The fourth-order valence-electron chi connectivity index (χ4n) is 3.71. The van der Waals surface area contributed by atoms with Gasteiger partial charge in [-0.2, -0.15) is 31.2 Å². The van der Waals surface area contributed by atoms with E-state index in [4.69, 9.17) is 4.74 Å². The van der Waals surface area contributed by atoms with Crippen molar-refractivity contribution in [3.63, 3.8) is 0 Å². The van der Waals surface area contributed by atoms with Gasteiger partial charge in [-0.05, 0) is 47.9 Å². The highest BCUT2D eigenvalue weighted by Gasteiger charge is 2.36. The summed E-state index contributed by atoms with van der Waals surface area (Å²) in [5, 5.41) is 2.27. The quantitative estimate of drug-likeness (QED) is 0.337. The molecule has 2 unspecified atom stereocenters. The largest absolute Gasteiger partial charge is 0.416 e. The number of nitroso groups, excluding NO2 is 1. The fraction of sp³-hybridized carbons (Fsp3) is 0.458. The van der Waals surface area contributed by atoms with Gasteiger partial charge in [0.15, 0.2) is 0 Å². The van der Waals surface area contributed by atoms with Crippen molar-refractivity contribution in [1.29, 1.82) is 0 Å². The van der Waals surface area contributed by atoms with Crippen LogP contribution in [0, 0.1) is 16.6 Å². The monoisotopic (exact) mass is 522 g/mol. The van der Waals surface area contributed by atoms with E-state index in [0.717, 1.165) is 12.0 Å². The highest BCUT2D eigenvalue weighted by molar-refractivity contribution is 5.72. The molecule has 0 aromatic heterocycles. The van der Waals surface area contributed by atoms with Crippen LogP contribution in [0.25, 0.3) is 0 Å². The summed E-state index contributed by atoms with van der Waals surface area (Å²) in [6, 6.07) is 7.55. The van der Waals surface area contributed by atoms with Crippen LogP contribution in [0.4, 0.5) is 30.7 Å². The second kappa shape index (κ2) is 12.3. The van der Waals surface area contributed by atoms with E-state index in [1.165, 1.54) is 12.1 Å². The molecule has 0 aliphatic carbocycles. The van der Waals surface area contributed by atoms with E-state index >= 15 is 0 Å². The molecular formula is C24H25F7N2O3. The molecule has 2 aromatic rings. The maximum atomic E-state index is 12.9. The molecule has 1 saturated heterocycles. The Labute approximate surface area is 203 Å². The zero-order valence-corrected chi connectivity index (χ0v) is 19.5. The van der Waals surface area contributed by atoms with Crippen molar-refractivity contribution in [2.45, 2.75) is 38.2 Å². The van der Waals surface area contributed by atoms with Crippen LogP contribution in [0.3, 0.4) is 0 Å². The smallest absolute Gasteiger partial charge is 0.380 e. The Kier molecular flexibility index (Phi) is 9.97. The van der Waals surface area contributed by atoms with Gasteiger partial charge in [0.1, 0.15) is 12.4 Å². The van der Waals surface area contributed by atoms with Gasteiger partial charge in [0.2, 0.25) is 5.91 Å². The maximum absolute atomic E-state index is 12.9. The Morgan fingerprint density at radius 2 is 1.56 bits per heavy atom. The van der Waals surface area contributed by atoms with E-state index in [0.29, 0.717) is 43.7 Å². The number of ether oxygens (including phenoxy) is 1. The molecule has 198 valence electrons. The number of alkyl halides is 6. The first kappa shape index (κ1) is 29.2. The number of carbonyl (C=O) groups excluding carboxylic acids is 1. The first-order chi connectivity index (χ1) is 16.7. The average molecular weight is 522 g/mol. The van der Waals surface area contributed by atoms with Crippen molar-refractivity contribution >= 4 is 5.91 Å². The fourth-order valence-corrected chi connectivity index (χ4v) is 3.71. The molecule has 1 aliphatic heterocycles. The van der Waals surface area contributed by atoms with E-state index in [9.17, 15) is 40.4 Å². The SMILES string of the molecule is CC(=O)N(C)CC1COCC(c2ccc(F)cc2)C1.O=NCc1cc(C(F)(F)F)cc(C(F)(F)F)c1. The lowest BCUT2D eigenvalue weighted by Gasteiger charge is -2.32. The molecule has 5 nitrogen and oxygen atoms in total. The number of halogens is 7. The molecule has 1 aliphatic rings. The number of nitrogens with zero attached hydrogens (tertiary/aromatic N) is 2. The third kappa shape index (κ3) is 8.89. The molecule has 1 heterocycles. The Balaban J connectivity index is 0.000000255. The topological polar surface area (TPSA) is 59.0 Å². The van der Waals surface area contributed by atoms with Crippen molar-refractivity contribution in [2.75, 3.05) is 26.8 Å². The van der Waals surface area contributed by atoms with Crippen molar-refractivity contribution < 1.29 is 40.3 Å². The van der Waals surface area contributed by atoms with Crippen LogP contribution in [0.15, 0.2) is 47.6 Å². The van der Waals surface area contributed by atoms with Crippen LogP contribution < -0.4 is 0 Å². The van der Waals surface area contributed by atoms with E-state index < -0.39 is 35.6 Å². The van der Waals surface area contributed by atoms with Crippen molar-refractivity contribution in [2.24, 2.45) is 11.1 Å². The molecule has 0 N–H and O–H groups in total. The summed E-state index contributed by atoms with van der Waals surface area (Å²) in [7, 11) is 1.81. The zero-order chi connectivity index (χ0) is 27.1. The summed E-state index contributed by atoms with van der Waals surface area (Å²) in [5.41, 5.74) is -2.23. The Morgan fingerprint density at radius 3 is 2.03 bits per heavy atom. The Bertz CT molecular complexity index is 992. The van der Waals surface area contributed by atoms with E-state index in [-0.39, 0.29) is 17.8 Å². The van der Waals surface area contributed by atoms with Crippen molar-refractivity contribution in [1.82, 2.24) is 4.90 Å². The summed E-state index contributed by atoms with van der Waals surface area (Å²) >= 11 is 0. The van der Waals surface area contributed by atoms with Gasteiger partial charge < -0.3 is 9.64 Å². The van der Waals surface area contributed by atoms with Crippen molar-refractivity contribution in [3.8, 4) is 0 Å².